The smallest absolute Gasteiger partial charge is 0.305 e. The molecule has 0 radical (unpaired) electrons. The number of ether oxygens (including phenoxy) is 5. The van der Waals surface area contributed by atoms with Crippen LogP contribution in [0.4, 0.5) is 0 Å². The average molecular weight is 406 g/mol. The Morgan fingerprint density at radius 2 is 1.15 bits per heavy atom. The summed E-state index contributed by atoms with van der Waals surface area (Å²) in [6, 6.07) is 0. The molecule has 0 saturated carbocycles. The molecule has 0 aliphatic carbocycles. The van der Waals surface area contributed by atoms with Gasteiger partial charge in [-0.25, -0.2) is 0 Å². The SMILES string of the molecule is CC(=O)O[C@H]1O[C@H](CSC(C)=O)[C@H](OC(C)=O)[C@H](OC(C)=O)[C@H]1OC(C)=O. The monoisotopic (exact) mass is 406 g/mol. The molecule has 0 bridgehead atoms. The molecule has 27 heavy (non-hydrogen) atoms. The second-order valence-electron chi connectivity index (χ2n) is 5.68. The van der Waals surface area contributed by atoms with E-state index in [-0.39, 0.29) is 10.9 Å². The fraction of sp³-hybridized carbons (Fsp3) is 0.688. The fourth-order valence-electron chi connectivity index (χ4n) is 2.45. The van der Waals surface area contributed by atoms with E-state index in [2.05, 4.69) is 0 Å². The summed E-state index contributed by atoms with van der Waals surface area (Å²) in [5.74, 6) is -2.91. The van der Waals surface area contributed by atoms with Gasteiger partial charge in [0.25, 0.3) is 0 Å². The quantitative estimate of drug-likeness (QED) is 0.447. The van der Waals surface area contributed by atoms with E-state index >= 15 is 0 Å². The lowest BCUT2D eigenvalue weighted by atomic mass is 9.98. The molecule has 1 rings (SSSR count). The minimum Gasteiger partial charge on any atom is -0.456 e. The van der Waals surface area contributed by atoms with Crippen LogP contribution in [0.2, 0.25) is 0 Å². The molecule has 10 nitrogen and oxygen atoms in total. The molecule has 0 N–H and O–H groups in total. The first-order chi connectivity index (χ1) is 12.5. The van der Waals surface area contributed by atoms with Crippen LogP contribution in [0, 0.1) is 0 Å². The standard InChI is InChI=1S/C16H22O10S/c1-7(17)22-13-12(6-27-11(5)21)26-16(25-10(4)20)15(24-9(3)19)14(13)23-8(2)18/h12-16H,6H2,1-5H3/t12-,13+,14+,15-,16+/m1/s1. The predicted molar refractivity (Wildman–Crippen MR) is 90.2 cm³/mol. The van der Waals surface area contributed by atoms with Gasteiger partial charge in [0.05, 0.1) is 0 Å². The molecule has 5 atom stereocenters. The van der Waals surface area contributed by atoms with Crippen LogP contribution in [-0.2, 0) is 47.7 Å². The largest absolute Gasteiger partial charge is 0.456 e. The van der Waals surface area contributed by atoms with Crippen LogP contribution in [0.25, 0.3) is 0 Å². The zero-order valence-corrected chi connectivity index (χ0v) is 16.4. The van der Waals surface area contributed by atoms with Crippen LogP contribution in [-0.4, -0.2) is 65.5 Å². The van der Waals surface area contributed by atoms with Crippen molar-refractivity contribution in [2.75, 3.05) is 5.75 Å². The number of carbonyl (C=O) groups is 5. The van der Waals surface area contributed by atoms with Crippen molar-refractivity contribution in [1.82, 2.24) is 0 Å². The van der Waals surface area contributed by atoms with Gasteiger partial charge in [-0.2, -0.15) is 0 Å². The highest BCUT2D eigenvalue weighted by atomic mass is 32.2. The van der Waals surface area contributed by atoms with Crippen LogP contribution < -0.4 is 0 Å². The van der Waals surface area contributed by atoms with Crippen molar-refractivity contribution in [2.45, 2.75) is 65.3 Å². The summed E-state index contributed by atoms with van der Waals surface area (Å²) in [6.07, 6.45) is -6.23. The number of hydrogen-bond donors (Lipinski definition) is 0. The number of thioether (sulfide) groups is 1. The fourth-order valence-corrected chi connectivity index (χ4v) is 3.11. The van der Waals surface area contributed by atoms with Crippen LogP contribution in [0.3, 0.4) is 0 Å². The van der Waals surface area contributed by atoms with Gasteiger partial charge < -0.3 is 23.7 Å². The van der Waals surface area contributed by atoms with E-state index in [9.17, 15) is 24.0 Å². The molecule has 152 valence electrons. The number of rotatable bonds is 6. The van der Waals surface area contributed by atoms with Crippen molar-refractivity contribution in [3.8, 4) is 0 Å². The van der Waals surface area contributed by atoms with Gasteiger partial charge in [0.2, 0.25) is 12.4 Å². The molecule has 1 heterocycles. The van der Waals surface area contributed by atoms with Crippen molar-refractivity contribution < 1.29 is 47.7 Å². The molecule has 0 spiro atoms. The minimum atomic E-state index is -1.42. The second-order valence-corrected chi connectivity index (χ2v) is 6.87. The summed E-state index contributed by atoms with van der Waals surface area (Å²) in [5, 5.41) is -0.227. The minimum absolute atomic E-state index is 0.0234. The Hall–Kier alpha value is -2.14. The molecule has 1 aliphatic rings. The zero-order valence-electron chi connectivity index (χ0n) is 15.6. The Morgan fingerprint density at radius 3 is 1.59 bits per heavy atom. The molecule has 1 aliphatic heterocycles. The Morgan fingerprint density at radius 1 is 0.704 bits per heavy atom. The average Bonchev–Trinajstić information content (AvgIpc) is 2.49. The summed E-state index contributed by atoms with van der Waals surface area (Å²) < 4.78 is 26.2. The normalized spacial score (nSPS) is 27.2. The summed E-state index contributed by atoms with van der Waals surface area (Å²) in [7, 11) is 0. The summed E-state index contributed by atoms with van der Waals surface area (Å²) in [5.41, 5.74) is 0. The maximum atomic E-state index is 11.6. The first kappa shape index (κ1) is 22.9. The van der Waals surface area contributed by atoms with Gasteiger partial charge in [-0.3, -0.25) is 24.0 Å². The van der Waals surface area contributed by atoms with Crippen molar-refractivity contribution in [2.24, 2.45) is 0 Å². The van der Waals surface area contributed by atoms with E-state index in [4.69, 9.17) is 23.7 Å². The zero-order chi connectivity index (χ0) is 20.7. The van der Waals surface area contributed by atoms with Crippen molar-refractivity contribution in [3.63, 3.8) is 0 Å². The van der Waals surface area contributed by atoms with E-state index in [1.807, 2.05) is 0 Å². The van der Waals surface area contributed by atoms with E-state index in [1.165, 1.54) is 6.92 Å². The first-order valence-corrected chi connectivity index (χ1v) is 8.97. The number of hydrogen-bond acceptors (Lipinski definition) is 11. The second kappa shape index (κ2) is 10.3. The molecular formula is C16H22O10S. The van der Waals surface area contributed by atoms with Gasteiger partial charge in [0.15, 0.2) is 17.3 Å². The molecule has 1 saturated heterocycles. The Balaban J connectivity index is 3.29. The van der Waals surface area contributed by atoms with E-state index in [0.29, 0.717) is 0 Å². The summed E-state index contributed by atoms with van der Waals surface area (Å²) >= 11 is 0.882. The molecule has 0 amide bonds. The molecular weight excluding hydrogens is 384 g/mol. The topological polar surface area (TPSA) is 132 Å². The Labute approximate surface area is 160 Å². The van der Waals surface area contributed by atoms with Gasteiger partial charge in [-0.05, 0) is 0 Å². The Kier molecular flexibility index (Phi) is 8.70. The maximum Gasteiger partial charge on any atom is 0.305 e. The van der Waals surface area contributed by atoms with Gasteiger partial charge in [-0.1, -0.05) is 11.8 Å². The molecule has 1 fully saturated rings. The van der Waals surface area contributed by atoms with E-state index in [1.54, 1.807) is 0 Å². The third-order valence-corrected chi connectivity index (χ3v) is 4.13. The third kappa shape index (κ3) is 7.55. The molecule has 11 heteroatoms. The van der Waals surface area contributed by atoms with Crippen molar-refractivity contribution in [3.05, 3.63) is 0 Å². The van der Waals surface area contributed by atoms with Crippen LogP contribution in [0.1, 0.15) is 34.6 Å². The Bertz CT molecular complexity index is 604. The van der Waals surface area contributed by atoms with Gasteiger partial charge in [0.1, 0.15) is 6.10 Å². The highest BCUT2D eigenvalue weighted by Gasteiger charge is 2.53. The van der Waals surface area contributed by atoms with E-state index in [0.717, 1.165) is 39.5 Å². The lowest BCUT2D eigenvalue weighted by Gasteiger charge is -2.43. The van der Waals surface area contributed by atoms with Gasteiger partial charge >= 0.3 is 23.9 Å². The van der Waals surface area contributed by atoms with E-state index < -0.39 is 54.6 Å². The molecule has 0 aromatic heterocycles. The van der Waals surface area contributed by atoms with Crippen LogP contribution in [0.5, 0.6) is 0 Å². The number of esters is 4. The molecule has 0 aromatic carbocycles. The van der Waals surface area contributed by atoms with Crippen LogP contribution >= 0.6 is 11.8 Å². The summed E-state index contributed by atoms with van der Waals surface area (Å²) in [4.78, 5) is 57.3. The predicted octanol–water partition coefficient (Wildman–Crippen LogP) is 0.349. The third-order valence-electron chi connectivity index (χ3n) is 3.23. The lowest BCUT2D eigenvalue weighted by Crippen LogP contribution is -2.62. The molecule has 0 aromatic rings. The molecule has 0 unspecified atom stereocenters. The number of carbonyl (C=O) groups excluding carboxylic acids is 5. The van der Waals surface area contributed by atoms with Gasteiger partial charge in [-0.15, -0.1) is 0 Å². The summed E-state index contributed by atoms with van der Waals surface area (Å²) in [6.45, 7) is 5.81. The highest BCUT2D eigenvalue weighted by molar-refractivity contribution is 8.13. The first-order valence-electron chi connectivity index (χ1n) is 7.99. The maximum absolute atomic E-state index is 11.6. The highest BCUT2D eigenvalue weighted by Crippen LogP contribution is 2.31. The van der Waals surface area contributed by atoms with Gasteiger partial charge in [0, 0.05) is 40.4 Å². The lowest BCUT2D eigenvalue weighted by molar-refractivity contribution is -0.291. The van der Waals surface area contributed by atoms with Crippen molar-refractivity contribution >= 4 is 40.8 Å². The van der Waals surface area contributed by atoms with Crippen LogP contribution in [0.15, 0.2) is 0 Å². The van der Waals surface area contributed by atoms with Crippen molar-refractivity contribution in [1.29, 1.82) is 0 Å².